The lowest BCUT2D eigenvalue weighted by Gasteiger charge is -2.36. The Labute approximate surface area is 177 Å². The Morgan fingerprint density at radius 1 is 1.27 bits per heavy atom. The molecule has 30 heavy (non-hydrogen) atoms. The summed E-state index contributed by atoms with van der Waals surface area (Å²) in [5, 5.41) is 7.34. The number of hydrogen-bond acceptors (Lipinski definition) is 5. The summed E-state index contributed by atoms with van der Waals surface area (Å²) in [6, 6.07) is 3.94. The number of anilines is 1. The number of aromatic amines is 1. The molecule has 1 amide bonds. The van der Waals surface area contributed by atoms with Crippen molar-refractivity contribution < 1.29 is 17.9 Å². The zero-order chi connectivity index (χ0) is 21.6. The molecule has 1 aliphatic heterocycles. The fourth-order valence-electron chi connectivity index (χ4n) is 4.09. The first-order valence-electron chi connectivity index (χ1n) is 10.2. The number of rotatable bonds is 6. The first-order chi connectivity index (χ1) is 14.2. The zero-order valence-corrected chi connectivity index (χ0v) is 18.6. The van der Waals surface area contributed by atoms with Crippen LogP contribution >= 0.6 is 0 Å². The van der Waals surface area contributed by atoms with Gasteiger partial charge < -0.3 is 9.64 Å². The number of benzene rings is 1. The third kappa shape index (κ3) is 3.72. The molecule has 2 aromatic rings. The summed E-state index contributed by atoms with van der Waals surface area (Å²) in [4.78, 5) is 14.1. The molecule has 1 fully saturated rings. The highest BCUT2D eigenvalue weighted by Gasteiger charge is 2.33. The quantitative estimate of drug-likeness (QED) is 0.757. The van der Waals surface area contributed by atoms with Gasteiger partial charge in [-0.25, -0.2) is 12.7 Å². The van der Waals surface area contributed by atoms with Gasteiger partial charge in [0.05, 0.1) is 11.9 Å². The Balaban J connectivity index is 1.84. The second-order valence-electron chi connectivity index (χ2n) is 8.34. The molecular formula is C21H28N4O4S. The molecule has 2 aliphatic rings. The van der Waals surface area contributed by atoms with Crippen molar-refractivity contribution in [2.24, 2.45) is 0 Å². The maximum absolute atomic E-state index is 12.4. The highest BCUT2D eigenvalue weighted by Crippen LogP contribution is 2.48. The van der Waals surface area contributed by atoms with Crippen LogP contribution in [0.2, 0.25) is 0 Å². The van der Waals surface area contributed by atoms with Gasteiger partial charge in [0.15, 0.2) is 0 Å². The predicted molar refractivity (Wildman–Crippen MR) is 115 cm³/mol. The lowest BCUT2D eigenvalue weighted by atomic mass is 9.91. The van der Waals surface area contributed by atoms with E-state index < -0.39 is 16.0 Å². The highest BCUT2D eigenvalue weighted by molar-refractivity contribution is 7.88. The van der Waals surface area contributed by atoms with Gasteiger partial charge in [-0.15, -0.1) is 0 Å². The lowest BCUT2D eigenvalue weighted by Crippen LogP contribution is -2.41. The van der Waals surface area contributed by atoms with E-state index in [1.165, 1.54) is 14.1 Å². The van der Waals surface area contributed by atoms with Gasteiger partial charge >= 0.3 is 0 Å². The lowest BCUT2D eigenvalue weighted by molar-refractivity contribution is -0.117. The van der Waals surface area contributed by atoms with Crippen LogP contribution in [0.4, 0.5) is 5.69 Å². The van der Waals surface area contributed by atoms with E-state index in [-0.39, 0.29) is 11.9 Å². The molecule has 162 valence electrons. The third-order valence-corrected chi connectivity index (χ3v) is 7.47. The highest BCUT2D eigenvalue weighted by atomic mass is 32.2. The smallest absolute Gasteiger partial charge is 0.248 e. The number of nitrogens with one attached hydrogen (secondary N) is 1. The molecule has 8 nitrogen and oxygen atoms in total. The van der Waals surface area contributed by atoms with E-state index in [1.807, 2.05) is 19.1 Å². The fraction of sp³-hybridized carbons (Fsp3) is 0.524. The molecule has 1 atom stereocenters. The monoisotopic (exact) mass is 432 g/mol. The minimum Gasteiger partial charge on any atom is -0.475 e. The van der Waals surface area contributed by atoms with E-state index in [4.69, 9.17) is 4.74 Å². The number of H-pyrrole nitrogens is 1. The minimum atomic E-state index is -3.56. The van der Waals surface area contributed by atoms with Crippen LogP contribution in [0.15, 0.2) is 18.3 Å². The first kappa shape index (κ1) is 20.9. The number of aromatic nitrogens is 2. The molecule has 1 saturated carbocycles. The minimum absolute atomic E-state index is 0.0370. The van der Waals surface area contributed by atoms with Crippen LogP contribution in [0.3, 0.4) is 0 Å². The van der Waals surface area contributed by atoms with Gasteiger partial charge in [0.1, 0.15) is 5.75 Å². The average Bonchev–Trinajstić information content (AvgIpc) is 3.42. The largest absolute Gasteiger partial charge is 0.475 e. The molecule has 2 heterocycles. The van der Waals surface area contributed by atoms with Crippen LogP contribution < -0.4 is 9.64 Å². The van der Waals surface area contributed by atoms with Gasteiger partial charge in [0.2, 0.25) is 21.9 Å². The van der Waals surface area contributed by atoms with Crippen molar-refractivity contribution in [1.29, 1.82) is 0 Å². The first-order valence-corrected chi connectivity index (χ1v) is 11.8. The van der Waals surface area contributed by atoms with E-state index >= 15 is 0 Å². The molecule has 0 radical (unpaired) electrons. The molecule has 0 saturated heterocycles. The maximum Gasteiger partial charge on any atom is 0.248 e. The Bertz CT molecular complexity index is 1070. The van der Waals surface area contributed by atoms with E-state index in [0.29, 0.717) is 18.1 Å². The average molecular weight is 433 g/mol. The van der Waals surface area contributed by atoms with Crippen LogP contribution in [0.5, 0.6) is 5.75 Å². The van der Waals surface area contributed by atoms with Gasteiger partial charge in [-0.1, -0.05) is 0 Å². The van der Waals surface area contributed by atoms with E-state index in [1.54, 1.807) is 18.0 Å². The standard InChI is InChI=1S/C21H28N4O4S/c1-13-5-8-17-19(25(13)14(2)26)10-9-16(18-11-22-23-20(18)15-6-7-15)21(17)29-12-30(27,28)24(3)4/h9-11,13,15H,5-8,12H2,1-4H3,(H,22,23)/t13-/m0/s1. The third-order valence-electron chi connectivity index (χ3n) is 5.94. The molecule has 4 rings (SSSR count). The molecule has 0 spiro atoms. The topological polar surface area (TPSA) is 95.6 Å². The number of amides is 1. The summed E-state index contributed by atoms with van der Waals surface area (Å²) in [5.41, 5.74) is 4.47. The van der Waals surface area contributed by atoms with Crippen molar-refractivity contribution in [3.05, 3.63) is 29.6 Å². The van der Waals surface area contributed by atoms with Crippen LogP contribution in [0, 0.1) is 0 Å². The normalized spacial score (nSPS) is 19.1. The van der Waals surface area contributed by atoms with Gasteiger partial charge in [0, 0.05) is 55.4 Å². The fourth-order valence-corrected chi connectivity index (χ4v) is 4.57. The van der Waals surface area contributed by atoms with Gasteiger partial charge in [-0.3, -0.25) is 9.89 Å². The molecule has 1 aromatic heterocycles. The van der Waals surface area contributed by atoms with Gasteiger partial charge in [0.25, 0.3) is 0 Å². The zero-order valence-electron chi connectivity index (χ0n) is 17.8. The summed E-state index contributed by atoms with van der Waals surface area (Å²) in [5.74, 6) is 0.477. The van der Waals surface area contributed by atoms with Crippen LogP contribution in [0.25, 0.3) is 11.1 Å². The van der Waals surface area contributed by atoms with Crippen LogP contribution in [-0.2, 0) is 21.2 Å². The summed E-state index contributed by atoms with van der Waals surface area (Å²) in [7, 11) is -0.583. The van der Waals surface area contributed by atoms with Crippen molar-refractivity contribution in [1.82, 2.24) is 14.5 Å². The van der Waals surface area contributed by atoms with Crippen LogP contribution in [0.1, 0.15) is 50.3 Å². The molecule has 9 heteroatoms. The van der Waals surface area contributed by atoms with Crippen LogP contribution in [-0.4, -0.2) is 54.9 Å². The van der Waals surface area contributed by atoms with E-state index in [0.717, 1.165) is 51.6 Å². The van der Waals surface area contributed by atoms with Crippen molar-refractivity contribution in [2.75, 3.05) is 24.9 Å². The van der Waals surface area contributed by atoms with Crippen molar-refractivity contribution in [3.63, 3.8) is 0 Å². The molecule has 0 unspecified atom stereocenters. The number of fused-ring (bicyclic) bond motifs is 1. The molecule has 0 bridgehead atoms. The second kappa shape index (κ2) is 7.70. The maximum atomic E-state index is 12.4. The number of hydrogen-bond donors (Lipinski definition) is 1. The summed E-state index contributed by atoms with van der Waals surface area (Å²) < 4.78 is 31.9. The Hall–Kier alpha value is -2.39. The molecule has 1 aliphatic carbocycles. The Kier molecular flexibility index (Phi) is 5.36. The summed E-state index contributed by atoms with van der Waals surface area (Å²) in [6.07, 6.45) is 5.49. The summed E-state index contributed by atoms with van der Waals surface area (Å²) in [6.45, 7) is 3.58. The number of sulfonamides is 1. The van der Waals surface area contributed by atoms with E-state index in [2.05, 4.69) is 10.2 Å². The predicted octanol–water partition coefficient (Wildman–Crippen LogP) is 2.87. The number of ether oxygens (including phenoxy) is 1. The molecule has 1 N–H and O–H groups in total. The van der Waals surface area contributed by atoms with Crippen molar-refractivity contribution in [2.45, 2.75) is 51.5 Å². The van der Waals surface area contributed by atoms with E-state index in [9.17, 15) is 13.2 Å². The molecular weight excluding hydrogens is 404 g/mol. The second-order valence-corrected chi connectivity index (χ2v) is 10.5. The number of carbonyl (C=O) groups is 1. The van der Waals surface area contributed by atoms with Crippen molar-refractivity contribution in [3.8, 4) is 16.9 Å². The van der Waals surface area contributed by atoms with Crippen molar-refractivity contribution >= 4 is 21.6 Å². The van der Waals surface area contributed by atoms with Gasteiger partial charge in [-0.05, 0) is 44.7 Å². The number of nitrogens with zero attached hydrogens (tertiary/aromatic N) is 3. The van der Waals surface area contributed by atoms with Gasteiger partial charge in [-0.2, -0.15) is 5.10 Å². The molecule has 1 aromatic carbocycles. The number of carbonyl (C=O) groups excluding carboxylic acids is 1. The Morgan fingerprint density at radius 2 is 2.00 bits per heavy atom. The summed E-state index contributed by atoms with van der Waals surface area (Å²) >= 11 is 0. The SMILES string of the molecule is CC(=O)N1c2ccc(-c3cn[nH]c3C3CC3)c(OCS(=O)(=O)N(C)C)c2CC[C@@H]1C. The Morgan fingerprint density at radius 3 is 2.63 bits per heavy atom.